The van der Waals surface area contributed by atoms with Crippen LogP contribution in [0.25, 0.3) is 0 Å². The predicted octanol–water partition coefficient (Wildman–Crippen LogP) is -0.642. The number of nitrogens with zero attached hydrogens (tertiary/aromatic N) is 2. The maximum absolute atomic E-state index is 10.3. The van der Waals surface area contributed by atoms with Gasteiger partial charge < -0.3 is 15.6 Å². The Morgan fingerprint density at radius 1 is 1.36 bits per heavy atom. The zero-order chi connectivity index (χ0) is 10.7. The number of carbonyl (C=O) groups excluding carboxylic acids is 1. The monoisotopic (exact) mass is 194 g/mol. The highest BCUT2D eigenvalue weighted by Gasteiger charge is 2.06. The van der Waals surface area contributed by atoms with Crippen molar-refractivity contribution in [3.8, 4) is 0 Å². The van der Waals surface area contributed by atoms with Crippen LogP contribution >= 0.6 is 0 Å². The summed E-state index contributed by atoms with van der Waals surface area (Å²) in [7, 11) is 0. The van der Waals surface area contributed by atoms with Crippen molar-refractivity contribution < 1.29 is 9.90 Å². The van der Waals surface area contributed by atoms with Crippen molar-refractivity contribution in [2.24, 2.45) is 0 Å². The van der Waals surface area contributed by atoms with Crippen LogP contribution in [0.2, 0.25) is 0 Å². The molecule has 0 radical (unpaired) electrons. The number of hydrogen-bond acceptors (Lipinski definition) is 5. The van der Waals surface area contributed by atoms with Gasteiger partial charge in [0.1, 0.15) is 0 Å². The number of aromatic nitrogens is 2. The lowest BCUT2D eigenvalue weighted by Crippen LogP contribution is -2.22. The Hall–Kier alpha value is -1.65. The number of nitrogen functional groups attached to an aromatic ring is 1. The molecule has 0 aromatic carbocycles. The SMILES string of the molecule is Cc1nc(N)nc(C)c1CCC(=O)[O-]. The van der Waals surface area contributed by atoms with Crippen LogP contribution in [-0.4, -0.2) is 15.9 Å². The lowest BCUT2D eigenvalue weighted by atomic mass is 10.1. The van der Waals surface area contributed by atoms with Gasteiger partial charge in [-0.2, -0.15) is 0 Å². The van der Waals surface area contributed by atoms with E-state index in [-0.39, 0.29) is 12.4 Å². The topological polar surface area (TPSA) is 91.9 Å². The average Bonchev–Trinajstić information content (AvgIpc) is 2.01. The number of carbonyl (C=O) groups is 1. The molecule has 0 fully saturated rings. The molecule has 0 aliphatic rings. The molecule has 0 bridgehead atoms. The number of aryl methyl sites for hydroxylation is 2. The van der Waals surface area contributed by atoms with E-state index in [2.05, 4.69) is 9.97 Å². The second kappa shape index (κ2) is 4.04. The van der Waals surface area contributed by atoms with Crippen molar-refractivity contribution in [3.63, 3.8) is 0 Å². The van der Waals surface area contributed by atoms with Crippen LogP contribution in [0, 0.1) is 13.8 Å². The van der Waals surface area contributed by atoms with Crippen molar-refractivity contribution in [3.05, 3.63) is 17.0 Å². The van der Waals surface area contributed by atoms with E-state index in [9.17, 15) is 9.90 Å². The first-order valence-electron chi connectivity index (χ1n) is 4.30. The second-order valence-electron chi connectivity index (χ2n) is 3.10. The first kappa shape index (κ1) is 10.4. The van der Waals surface area contributed by atoms with Gasteiger partial charge in [0, 0.05) is 17.4 Å². The third kappa shape index (κ3) is 2.42. The smallest absolute Gasteiger partial charge is 0.220 e. The van der Waals surface area contributed by atoms with Crippen LogP contribution in [-0.2, 0) is 11.2 Å². The van der Waals surface area contributed by atoms with E-state index in [1.807, 2.05) is 0 Å². The lowest BCUT2D eigenvalue weighted by Gasteiger charge is -2.09. The highest BCUT2D eigenvalue weighted by Crippen LogP contribution is 2.12. The van der Waals surface area contributed by atoms with E-state index in [4.69, 9.17) is 5.73 Å². The minimum Gasteiger partial charge on any atom is -0.550 e. The van der Waals surface area contributed by atoms with Crippen molar-refractivity contribution in [1.29, 1.82) is 0 Å². The number of nitrogens with two attached hydrogens (primary N) is 1. The van der Waals surface area contributed by atoms with E-state index < -0.39 is 5.97 Å². The summed E-state index contributed by atoms with van der Waals surface area (Å²) in [6, 6.07) is 0. The van der Waals surface area contributed by atoms with Crippen LogP contribution < -0.4 is 10.8 Å². The van der Waals surface area contributed by atoms with Gasteiger partial charge in [-0.05, 0) is 32.3 Å². The third-order valence-electron chi connectivity index (χ3n) is 2.02. The number of rotatable bonds is 3. The Labute approximate surface area is 82.0 Å². The van der Waals surface area contributed by atoms with Gasteiger partial charge >= 0.3 is 0 Å². The fourth-order valence-electron chi connectivity index (χ4n) is 1.35. The summed E-state index contributed by atoms with van der Waals surface area (Å²) in [5, 5.41) is 10.3. The molecule has 0 aliphatic carbocycles. The fraction of sp³-hybridized carbons (Fsp3) is 0.444. The van der Waals surface area contributed by atoms with Crippen molar-refractivity contribution in [2.45, 2.75) is 26.7 Å². The summed E-state index contributed by atoms with van der Waals surface area (Å²) < 4.78 is 0. The van der Waals surface area contributed by atoms with Crippen LogP contribution in [0.5, 0.6) is 0 Å². The Kier molecular flexibility index (Phi) is 3.01. The van der Waals surface area contributed by atoms with E-state index in [1.165, 1.54) is 0 Å². The van der Waals surface area contributed by atoms with Crippen LogP contribution in [0.3, 0.4) is 0 Å². The zero-order valence-electron chi connectivity index (χ0n) is 8.20. The molecular weight excluding hydrogens is 182 g/mol. The molecule has 1 heterocycles. The van der Waals surface area contributed by atoms with E-state index in [0.29, 0.717) is 6.42 Å². The Morgan fingerprint density at radius 2 is 1.86 bits per heavy atom. The van der Waals surface area contributed by atoms with Gasteiger partial charge in [-0.15, -0.1) is 0 Å². The van der Waals surface area contributed by atoms with Gasteiger partial charge in [0.15, 0.2) is 0 Å². The van der Waals surface area contributed by atoms with E-state index in [1.54, 1.807) is 13.8 Å². The fourth-order valence-corrected chi connectivity index (χ4v) is 1.35. The summed E-state index contributed by atoms with van der Waals surface area (Å²) in [4.78, 5) is 18.2. The summed E-state index contributed by atoms with van der Waals surface area (Å²) in [5.41, 5.74) is 7.74. The van der Waals surface area contributed by atoms with Gasteiger partial charge in [-0.1, -0.05) is 0 Å². The molecule has 0 spiro atoms. The summed E-state index contributed by atoms with van der Waals surface area (Å²) in [6.45, 7) is 3.57. The summed E-state index contributed by atoms with van der Waals surface area (Å²) in [6.07, 6.45) is 0.370. The molecule has 0 unspecified atom stereocenters. The minimum atomic E-state index is -1.07. The Balaban J connectivity index is 2.91. The third-order valence-corrected chi connectivity index (χ3v) is 2.02. The van der Waals surface area contributed by atoms with Crippen LogP contribution in [0.1, 0.15) is 23.4 Å². The molecule has 5 heteroatoms. The van der Waals surface area contributed by atoms with Crippen LogP contribution in [0.15, 0.2) is 0 Å². The summed E-state index contributed by atoms with van der Waals surface area (Å²) in [5.74, 6) is -0.849. The quantitative estimate of drug-likeness (QED) is 0.690. The molecular formula is C9H12N3O2-. The molecule has 0 amide bonds. The summed E-state index contributed by atoms with van der Waals surface area (Å²) >= 11 is 0. The molecule has 14 heavy (non-hydrogen) atoms. The van der Waals surface area contributed by atoms with Gasteiger partial charge in [-0.25, -0.2) is 9.97 Å². The zero-order valence-corrected chi connectivity index (χ0v) is 8.20. The first-order chi connectivity index (χ1) is 6.50. The molecule has 1 aromatic heterocycles. The number of anilines is 1. The molecule has 1 rings (SSSR count). The largest absolute Gasteiger partial charge is 0.550 e. The molecule has 0 saturated carbocycles. The Bertz CT molecular complexity index is 340. The number of carboxylic acid groups (broad SMARTS) is 1. The van der Waals surface area contributed by atoms with Crippen molar-refractivity contribution >= 4 is 11.9 Å². The van der Waals surface area contributed by atoms with E-state index in [0.717, 1.165) is 17.0 Å². The molecule has 0 saturated heterocycles. The Morgan fingerprint density at radius 3 is 2.29 bits per heavy atom. The molecule has 5 nitrogen and oxygen atoms in total. The van der Waals surface area contributed by atoms with Crippen molar-refractivity contribution in [1.82, 2.24) is 9.97 Å². The molecule has 76 valence electrons. The molecule has 2 N–H and O–H groups in total. The number of hydrogen-bond donors (Lipinski definition) is 1. The molecule has 0 aliphatic heterocycles. The van der Waals surface area contributed by atoms with E-state index >= 15 is 0 Å². The van der Waals surface area contributed by atoms with Gasteiger partial charge in [-0.3, -0.25) is 0 Å². The van der Waals surface area contributed by atoms with Gasteiger partial charge in [0.2, 0.25) is 5.95 Å². The maximum Gasteiger partial charge on any atom is 0.220 e. The van der Waals surface area contributed by atoms with Crippen molar-refractivity contribution in [2.75, 3.05) is 5.73 Å². The standard InChI is InChI=1S/C9H13N3O2/c1-5-7(3-4-8(13)14)6(2)12-9(10)11-5/h3-4H2,1-2H3,(H,13,14)(H2,10,11,12)/p-1. The highest BCUT2D eigenvalue weighted by atomic mass is 16.4. The van der Waals surface area contributed by atoms with Gasteiger partial charge in [0.05, 0.1) is 0 Å². The molecule has 0 atom stereocenters. The average molecular weight is 194 g/mol. The first-order valence-corrected chi connectivity index (χ1v) is 4.30. The minimum absolute atomic E-state index is 0.0189. The number of carboxylic acids is 1. The maximum atomic E-state index is 10.3. The lowest BCUT2D eigenvalue weighted by molar-refractivity contribution is -0.305. The molecule has 1 aromatic rings. The predicted molar refractivity (Wildman–Crippen MR) is 49.2 cm³/mol. The highest BCUT2D eigenvalue weighted by molar-refractivity contribution is 5.64. The van der Waals surface area contributed by atoms with Crippen LogP contribution in [0.4, 0.5) is 5.95 Å². The van der Waals surface area contributed by atoms with Gasteiger partial charge in [0.25, 0.3) is 0 Å². The second-order valence-corrected chi connectivity index (χ2v) is 3.10. The number of aliphatic carboxylic acids is 1. The normalized spacial score (nSPS) is 10.1.